The van der Waals surface area contributed by atoms with E-state index in [4.69, 9.17) is 4.74 Å². The van der Waals surface area contributed by atoms with Crippen molar-refractivity contribution in [1.29, 1.82) is 0 Å². The Morgan fingerprint density at radius 3 is 2.78 bits per heavy atom. The van der Waals surface area contributed by atoms with Crippen LogP contribution in [-0.4, -0.2) is 10.7 Å². The van der Waals surface area contributed by atoms with Crippen LogP contribution in [-0.2, 0) is 6.42 Å². The molecule has 0 aromatic heterocycles. The maximum absolute atomic E-state index is 10.3. The van der Waals surface area contributed by atoms with Crippen LogP contribution in [0.25, 0.3) is 0 Å². The van der Waals surface area contributed by atoms with Gasteiger partial charge in [-0.25, -0.2) is 0 Å². The Labute approximate surface area is 110 Å². The van der Waals surface area contributed by atoms with Crippen LogP contribution >= 0.6 is 0 Å². The van der Waals surface area contributed by atoms with Gasteiger partial charge in [0.15, 0.2) is 0 Å². The van der Waals surface area contributed by atoms with Crippen molar-refractivity contribution in [3.63, 3.8) is 0 Å². The quantitative estimate of drug-likeness (QED) is 0.876. The predicted octanol–water partition coefficient (Wildman–Crippen LogP) is 3.87. The first-order chi connectivity index (χ1) is 8.43. The average molecular weight is 248 g/mol. The van der Waals surface area contributed by atoms with Gasteiger partial charge < -0.3 is 9.84 Å². The molecule has 0 amide bonds. The van der Waals surface area contributed by atoms with Crippen molar-refractivity contribution >= 4 is 0 Å². The van der Waals surface area contributed by atoms with Gasteiger partial charge in [-0.05, 0) is 49.4 Å². The second kappa shape index (κ2) is 4.93. The van der Waals surface area contributed by atoms with Gasteiger partial charge in [-0.2, -0.15) is 0 Å². The van der Waals surface area contributed by atoms with Gasteiger partial charge in [0.1, 0.15) is 11.4 Å². The van der Waals surface area contributed by atoms with Gasteiger partial charge in [0.05, 0.1) is 6.10 Å². The molecule has 2 atom stereocenters. The lowest BCUT2D eigenvalue weighted by Gasteiger charge is -2.19. The highest BCUT2D eigenvalue weighted by molar-refractivity contribution is 5.42. The number of aliphatic hydroxyl groups excluding tert-OH is 1. The summed E-state index contributed by atoms with van der Waals surface area (Å²) in [6.45, 7) is 8.47. The first kappa shape index (κ1) is 13.4. The lowest BCUT2D eigenvalue weighted by molar-refractivity contribution is 0.112. The Hall–Kier alpha value is -1.02. The molecule has 0 saturated carbocycles. The first-order valence-corrected chi connectivity index (χ1v) is 6.93. The third-order valence-corrected chi connectivity index (χ3v) is 3.71. The summed E-state index contributed by atoms with van der Waals surface area (Å²) in [5, 5.41) is 10.3. The summed E-state index contributed by atoms with van der Waals surface area (Å²) >= 11 is 0. The van der Waals surface area contributed by atoms with E-state index in [2.05, 4.69) is 33.8 Å². The van der Waals surface area contributed by atoms with Gasteiger partial charge in [0, 0.05) is 6.42 Å². The molecule has 2 rings (SSSR count). The van der Waals surface area contributed by atoms with Crippen molar-refractivity contribution in [2.75, 3.05) is 0 Å². The number of hydrogen-bond donors (Lipinski definition) is 1. The molecule has 18 heavy (non-hydrogen) atoms. The largest absolute Gasteiger partial charge is 0.487 e. The lowest BCUT2D eigenvalue weighted by Crippen LogP contribution is -2.24. The number of rotatable bonds is 4. The van der Waals surface area contributed by atoms with E-state index in [1.165, 1.54) is 5.56 Å². The fraction of sp³-hybridized carbons (Fsp3) is 0.625. The number of aliphatic hydroxyl groups is 1. The molecule has 1 aromatic rings. The summed E-state index contributed by atoms with van der Waals surface area (Å²) in [4.78, 5) is 0. The molecular weight excluding hydrogens is 224 g/mol. The first-order valence-electron chi connectivity index (χ1n) is 6.93. The highest BCUT2D eigenvalue weighted by Crippen LogP contribution is 2.37. The molecule has 1 aliphatic heterocycles. The minimum Gasteiger partial charge on any atom is -0.487 e. The van der Waals surface area contributed by atoms with Gasteiger partial charge in [0.2, 0.25) is 0 Å². The zero-order valence-electron chi connectivity index (χ0n) is 11.9. The molecular formula is C16H24O2. The molecule has 1 heterocycles. The SMILES string of the molecule is CCCC(C)C(O)c1ccc2c(c1)CC(C)(C)O2. The van der Waals surface area contributed by atoms with E-state index in [-0.39, 0.29) is 11.7 Å². The molecule has 2 nitrogen and oxygen atoms in total. The zero-order valence-corrected chi connectivity index (χ0v) is 11.9. The number of ether oxygens (including phenoxy) is 1. The van der Waals surface area contributed by atoms with Gasteiger partial charge in [0.25, 0.3) is 0 Å². The van der Waals surface area contributed by atoms with Crippen molar-refractivity contribution in [3.05, 3.63) is 29.3 Å². The Kier molecular flexibility index (Phi) is 3.67. The van der Waals surface area contributed by atoms with Gasteiger partial charge in [-0.15, -0.1) is 0 Å². The fourth-order valence-corrected chi connectivity index (χ4v) is 2.76. The van der Waals surface area contributed by atoms with Gasteiger partial charge in [-0.1, -0.05) is 26.3 Å². The Balaban J connectivity index is 2.18. The van der Waals surface area contributed by atoms with Crippen molar-refractivity contribution in [3.8, 4) is 5.75 Å². The van der Waals surface area contributed by atoms with Crippen LogP contribution in [0.2, 0.25) is 0 Å². The molecule has 0 fully saturated rings. The third kappa shape index (κ3) is 2.69. The standard InChI is InChI=1S/C16H24O2/c1-5-6-11(2)15(17)12-7-8-14-13(9-12)10-16(3,4)18-14/h7-9,11,15,17H,5-6,10H2,1-4H3. The van der Waals surface area contributed by atoms with Crippen molar-refractivity contribution in [1.82, 2.24) is 0 Å². The van der Waals surface area contributed by atoms with E-state index < -0.39 is 0 Å². The van der Waals surface area contributed by atoms with Crippen LogP contribution in [0.3, 0.4) is 0 Å². The second-order valence-electron chi connectivity index (χ2n) is 6.12. The van der Waals surface area contributed by atoms with E-state index in [0.717, 1.165) is 30.6 Å². The van der Waals surface area contributed by atoms with E-state index in [1.807, 2.05) is 12.1 Å². The Morgan fingerprint density at radius 1 is 1.39 bits per heavy atom. The lowest BCUT2D eigenvalue weighted by atomic mass is 9.91. The average Bonchev–Trinajstić information content (AvgIpc) is 2.60. The summed E-state index contributed by atoms with van der Waals surface area (Å²) in [6, 6.07) is 6.11. The van der Waals surface area contributed by atoms with Crippen molar-refractivity contribution in [2.45, 2.75) is 58.7 Å². The normalized spacial score (nSPS) is 20.1. The summed E-state index contributed by atoms with van der Waals surface area (Å²) in [6.07, 6.45) is 2.73. The molecule has 100 valence electrons. The van der Waals surface area contributed by atoms with Crippen LogP contribution in [0, 0.1) is 5.92 Å². The summed E-state index contributed by atoms with van der Waals surface area (Å²) in [7, 11) is 0. The molecule has 0 bridgehead atoms. The zero-order chi connectivity index (χ0) is 13.3. The molecule has 1 N–H and O–H groups in total. The monoisotopic (exact) mass is 248 g/mol. The smallest absolute Gasteiger partial charge is 0.123 e. The molecule has 0 saturated heterocycles. The minimum absolute atomic E-state index is 0.110. The van der Waals surface area contributed by atoms with Crippen LogP contribution in [0.4, 0.5) is 0 Å². The second-order valence-corrected chi connectivity index (χ2v) is 6.12. The summed E-state index contributed by atoms with van der Waals surface area (Å²) < 4.78 is 5.86. The van der Waals surface area contributed by atoms with E-state index >= 15 is 0 Å². The van der Waals surface area contributed by atoms with Gasteiger partial charge in [-0.3, -0.25) is 0 Å². The number of benzene rings is 1. The number of fused-ring (bicyclic) bond motifs is 1. The molecule has 2 unspecified atom stereocenters. The van der Waals surface area contributed by atoms with E-state index in [1.54, 1.807) is 0 Å². The topological polar surface area (TPSA) is 29.5 Å². The Morgan fingerprint density at radius 2 is 2.11 bits per heavy atom. The highest BCUT2D eigenvalue weighted by atomic mass is 16.5. The highest BCUT2D eigenvalue weighted by Gasteiger charge is 2.30. The maximum Gasteiger partial charge on any atom is 0.123 e. The van der Waals surface area contributed by atoms with Crippen LogP contribution in [0.1, 0.15) is 57.8 Å². The minimum atomic E-state index is -0.362. The Bertz CT molecular complexity index is 423. The van der Waals surface area contributed by atoms with Gasteiger partial charge >= 0.3 is 0 Å². The van der Waals surface area contributed by atoms with E-state index in [0.29, 0.717) is 5.92 Å². The molecule has 0 aliphatic carbocycles. The van der Waals surface area contributed by atoms with E-state index in [9.17, 15) is 5.11 Å². The molecule has 1 aromatic carbocycles. The molecule has 2 heteroatoms. The fourth-order valence-electron chi connectivity index (χ4n) is 2.76. The van der Waals surface area contributed by atoms with Crippen LogP contribution in [0.5, 0.6) is 5.75 Å². The number of hydrogen-bond acceptors (Lipinski definition) is 2. The van der Waals surface area contributed by atoms with Crippen LogP contribution in [0.15, 0.2) is 18.2 Å². The summed E-state index contributed by atoms with van der Waals surface area (Å²) in [5.41, 5.74) is 2.14. The summed E-state index contributed by atoms with van der Waals surface area (Å²) in [5.74, 6) is 1.28. The molecule has 0 spiro atoms. The third-order valence-electron chi connectivity index (χ3n) is 3.71. The van der Waals surface area contributed by atoms with Crippen LogP contribution < -0.4 is 4.74 Å². The molecule has 1 aliphatic rings. The van der Waals surface area contributed by atoms with Crippen molar-refractivity contribution < 1.29 is 9.84 Å². The molecule has 0 radical (unpaired) electrons. The maximum atomic E-state index is 10.3. The predicted molar refractivity (Wildman–Crippen MR) is 73.9 cm³/mol. The van der Waals surface area contributed by atoms with Crippen molar-refractivity contribution in [2.24, 2.45) is 5.92 Å².